The molecule has 0 aliphatic carbocycles. The van der Waals surface area contributed by atoms with Gasteiger partial charge in [-0.1, -0.05) is 12.1 Å². The number of hydrogen-bond donors (Lipinski definition) is 0. The lowest BCUT2D eigenvalue weighted by Gasteiger charge is -2.36. The van der Waals surface area contributed by atoms with E-state index in [1.165, 1.54) is 12.1 Å². The van der Waals surface area contributed by atoms with Gasteiger partial charge in [-0.2, -0.15) is 5.10 Å². The van der Waals surface area contributed by atoms with E-state index in [-0.39, 0.29) is 17.8 Å². The van der Waals surface area contributed by atoms with Gasteiger partial charge in [0.15, 0.2) is 5.82 Å². The van der Waals surface area contributed by atoms with E-state index in [9.17, 15) is 9.18 Å². The van der Waals surface area contributed by atoms with E-state index in [1.54, 1.807) is 30.3 Å². The highest BCUT2D eigenvalue weighted by Gasteiger charge is 2.40. The molecule has 0 bridgehead atoms. The van der Waals surface area contributed by atoms with Gasteiger partial charge in [0.05, 0.1) is 18.9 Å². The number of carbonyl (C=O) groups is 1. The summed E-state index contributed by atoms with van der Waals surface area (Å²) in [5.74, 6) is 1.54. The third-order valence-electron chi connectivity index (χ3n) is 5.88. The third-order valence-corrected chi connectivity index (χ3v) is 5.88. The standard InChI is InChI=1S/C22H23FN6O/c1-27-19-12-24-20(26-21(19)29-10-2-3-18(29)22(27)30)9-6-16-11-25-28(14-16)13-15-4-7-17(23)8-5-15/h4-5,7-8,11-12,14,18H,2-3,6,9-10,13H2,1H3/t18-/m1/s1. The van der Waals surface area contributed by atoms with Crippen molar-refractivity contribution in [1.82, 2.24) is 19.7 Å². The molecule has 2 aliphatic heterocycles. The van der Waals surface area contributed by atoms with Crippen molar-refractivity contribution in [2.45, 2.75) is 38.3 Å². The highest BCUT2D eigenvalue weighted by atomic mass is 19.1. The molecule has 0 saturated carbocycles. The minimum atomic E-state index is -0.235. The first-order valence-corrected chi connectivity index (χ1v) is 10.2. The first kappa shape index (κ1) is 18.7. The van der Waals surface area contributed by atoms with Gasteiger partial charge in [-0.15, -0.1) is 0 Å². The Balaban J connectivity index is 1.27. The van der Waals surface area contributed by atoms with E-state index in [4.69, 9.17) is 4.98 Å². The van der Waals surface area contributed by atoms with Crippen LogP contribution in [0.5, 0.6) is 0 Å². The van der Waals surface area contributed by atoms with Crippen LogP contribution >= 0.6 is 0 Å². The van der Waals surface area contributed by atoms with Crippen molar-refractivity contribution >= 4 is 17.4 Å². The largest absolute Gasteiger partial charge is 0.343 e. The summed E-state index contributed by atoms with van der Waals surface area (Å²) < 4.78 is 14.9. The maximum absolute atomic E-state index is 13.1. The van der Waals surface area contributed by atoms with Gasteiger partial charge in [-0.25, -0.2) is 14.4 Å². The number of anilines is 2. The molecule has 8 heteroatoms. The van der Waals surface area contributed by atoms with Crippen molar-refractivity contribution in [2.75, 3.05) is 23.4 Å². The predicted octanol–water partition coefficient (Wildman–Crippen LogP) is 2.59. The molecular weight excluding hydrogens is 383 g/mol. The fraction of sp³-hybridized carbons (Fsp3) is 0.364. The SMILES string of the molecule is CN1C(=O)[C@H]2CCCN2c2nc(CCc3cnn(Cc4ccc(F)cc4)c3)ncc21. The maximum Gasteiger partial charge on any atom is 0.249 e. The Morgan fingerprint density at radius 2 is 1.97 bits per heavy atom. The first-order valence-electron chi connectivity index (χ1n) is 10.2. The Hall–Kier alpha value is -3.29. The molecule has 2 aromatic heterocycles. The number of aromatic nitrogens is 4. The summed E-state index contributed by atoms with van der Waals surface area (Å²) in [7, 11) is 1.80. The lowest BCUT2D eigenvalue weighted by atomic mass is 10.1. The van der Waals surface area contributed by atoms with Gasteiger partial charge in [0, 0.05) is 26.2 Å². The molecule has 154 valence electrons. The van der Waals surface area contributed by atoms with E-state index >= 15 is 0 Å². The Morgan fingerprint density at radius 1 is 1.13 bits per heavy atom. The second-order valence-corrected chi connectivity index (χ2v) is 7.92. The van der Waals surface area contributed by atoms with E-state index in [2.05, 4.69) is 15.0 Å². The zero-order valence-corrected chi connectivity index (χ0v) is 16.8. The average Bonchev–Trinajstić information content (AvgIpc) is 3.42. The molecule has 3 aromatic rings. The molecule has 4 heterocycles. The lowest BCUT2D eigenvalue weighted by Crippen LogP contribution is -2.49. The normalized spacial score (nSPS) is 17.9. The van der Waals surface area contributed by atoms with Gasteiger partial charge in [0.2, 0.25) is 5.91 Å². The molecule has 0 N–H and O–H groups in total. The molecular formula is C22H23FN6O. The number of rotatable bonds is 5. The predicted molar refractivity (Wildman–Crippen MR) is 111 cm³/mol. The van der Waals surface area contributed by atoms with Crippen LogP contribution in [0.25, 0.3) is 0 Å². The van der Waals surface area contributed by atoms with Crippen LogP contribution in [0.4, 0.5) is 15.9 Å². The summed E-state index contributed by atoms with van der Waals surface area (Å²) in [6.07, 6.45) is 9.00. The number of carbonyl (C=O) groups excluding carboxylic acids is 1. The molecule has 1 saturated heterocycles. The molecule has 2 aliphatic rings. The van der Waals surface area contributed by atoms with Gasteiger partial charge < -0.3 is 9.80 Å². The number of fused-ring (bicyclic) bond motifs is 3. The van der Waals surface area contributed by atoms with Crippen molar-refractivity contribution < 1.29 is 9.18 Å². The second kappa shape index (κ2) is 7.51. The molecule has 30 heavy (non-hydrogen) atoms. The summed E-state index contributed by atoms with van der Waals surface area (Å²) >= 11 is 0. The minimum absolute atomic E-state index is 0.0880. The molecule has 1 amide bonds. The van der Waals surface area contributed by atoms with Crippen LogP contribution in [0, 0.1) is 5.82 Å². The summed E-state index contributed by atoms with van der Waals surface area (Å²) in [5.41, 5.74) is 2.89. The lowest BCUT2D eigenvalue weighted by molar-refractivity contribution is -0.119. The van der Waals surface area contributed by atoms with E-state index < -0.39 is 0 Å². The zero-order valence-electron chi connectivity index (χ0n) is 16.8. The van der Waals surface area contributed by atoms with Crippen LogP contribution in [0.2, 0.25) is 0 Å². The smallest absolute Gasteiger partial charge is 0.249 e. The number of likely N-dealkylation sites (N-methyl/N-ethyl adjacent to an activating group) is 1. The molecule has 1 aromatic carbocycles. The number of amides is 1. The number of aryl methyl sites for hydroxylation is 2. The number of halogens is 1. The van der Waals surface area contributed by atoms with E-state index in [1.807, 2.05) is 17.1 Å². The summed E-state index contributed by atoms with van der Waals surface area (Å²) in [5, 5.41) is 4.41. The quantitative estimate of drug-likeness (QED) is 0.652. The summed E-state index contributed by atoms with van der Waals surface area (Å²) in [6, 6.07) is 6.37. The van der Waals surface area contributed by atoms with Crippen LogP contribution in [0.15, 0.2) is 42.9 Å². The number of hydrogen-bond acceptors (Lipinski definition) is 5. The van der Waals surface area contributed by atoms with Crippen molar-refractivity contribution in [3.8, 4) is 0 Å². The molecule has 7 nitrogen and oxygen atoms in total. The summed E-state index contributed by atoms with van der Waals surface area (Å²) in [6.45, 7) is 1.47. The molecule has 1 fully saturated rings. The van der Waals surface area contributed by atoms with Gasteiger partial charge >= 0.3 is 0 Å². The summed E-state index contributed by atoms with van der Waals surface area (Å²) in [4.78, 5) is 25.6. The van der Waals surface area contributed by atoms with Gasteiger partial charge in [-0.3, -0.25) is 9.48 Å². The Kier molecular flexibility index (Phi) is 4.69. The van der Waals surface area contributed by atoms with Crippen LogP contribution in [0.3, 0.4) is 0 Å². The second-order valence-electron chi connectivity index (χ2n) is 7.92. The van der Waals surface area contributed by atoms with Gasteiger partial charge in [0.25, 0.3) is 0 Å². The molecule has 0 radical (unpaired) electrons. The molecule has 0 spiro atoms. The van der Waals surface area contributed by atoms with Crippen LogP contribution < -0.4 is 9.80 Å². The fourth-order valence-electron chi connectivity index (χ4n) is 4.24. The van der Waals surface area contributed by atoms with Crippen LogP contribution in [0.1, 0.15) is 29.8 Å². The van der Waals surface area contributed by atoms with E-state index in [0.29, 0.717) is 13.0 Å². The van der Waals surface area contributed by atoms with E-state index in [0.717, 1.165) is 54.3 Å². The number of benzene rings is 1. The molecule has 1 atom stereocenters. The fourth-order valence-corrected chi connectivity index (χ4v) is 4.24. The Bertz CT molecular complexity index is 1080. The highest BCUT2D eigenvalue weighted by molar-refractivity contribution is 6.04. The van der Waals surface area contributed by atoms with Crippen molar-refractivity contribution in [3.63, 3.8) is 0 Å². The first-order chi connectivity index (χ1) is 14.6. The van der Waals surface area contributed by atoms with Crippen molar-refractivity contribution in [1.29, 1.82) is 0 Å². The van der Waals surface area contributed by atoms with Crippen molar-refractivity contribution in [3.05, 3.63) is 65.6 Å². The highest BCUT2D eigenvalue weighted by Crippen LogP contribution is 2.37. The number of nitrogens with zero attached hydrogens (tertiary/aromatic N) is 6. The van der Waals surface area contributed by atoms with Gasteiger partial charge in [-0.05, 0) is 42.5 Å². The molecule has 5 rings (SSSR count). The van der Waals surface area contributed by atoms with Crippen LogP contribution in [-0.2, 0) is 24.2 Å². The van der Waals surface area contributed by atoms with Gasteiger partial charge in [0.1, 0.15) is 23.4 Å². The third kappa shape index (κ3) is 3.42. The monoisotopic (exact) mass is 406 g/mol. The Morgan fingerprint density at radius 3 is 2.80 bits per heavy atom. The Labute approximate surface area is 174 Å². The van der Waals surface area contributed by atoms with Crippen LogP contribution in [-0.4, -0.2) is 45.3 Å². The van der Waals surface area contributed by atoms with Crippen molar-refractivity contribution in [2.24, 2.45) is 0 Å². The zero-order chi connectivity index (χ0) is 20.7. The maximum atomic E-state index is 13.1. The topological polar surface area (TPSA) is 67.2 Å². The minimum Gasteiger partial charge on any atom is -0.343 e. The average molecular weight is 406 g/mol. The molecule has 0 unspecified atom stereocenters.